The van der Waals surface area contributed by atoms with Crippen LogP contribution in [-0.2, 0) is 19.8 Å². The van der Waals surface area contributed by atoms with E-state index < -0.39 is 28.5 Å². The third-order valence-electron chi connectivity index (χ3n) is 5.74. The molecule has 36 heavy (non-hydrogen) atoms. The van der Waals surface area contributed by atoms with Crippen LogP contribution in [0.5, 0.6) is 17.2 Å². The van der Waals surface area contributed by atoms with Gasteiger partial charge in [0.1, 0.15) is 28.2 Å². The second-order valence-corrected chi connectivity index (χ2v) is 12.0. The van der Waals surface area contributed by atoms with Crippen LogP contribution in [0, 0.1) is 0 Å². The van der Waals surface area contributed by atoms with Crippen molar-refractivity contribution in [1.82, 2.24) is 0 Å². The lowest BCUT2D eigenvalue weighted by Gasteiger charge is -2.29. The van der Waals surface area contributed by atoms with Gasteiger partial charge in [0.05, 0.1) is 22.4 Å². The number of carbonyl (C=O) groups is 3. The Morgan fingerprint density at radius 1 is 0.667 bits per heavy atom. The second-order valence-electron chi connectivity index (χ2n) is 7.71. The van der Waals surface area contributed by atoms with E-state index in [4.69, 9.17) is 0 Å². The van der Waals surface area contributed by atoms with Gasteiger partial charge in [0, 0.05) is 5.57 Å². The van der Waals surface area contributed by atoms with Crippen LogP contribution in [0.4, 0.5) is 0 Å². The third kappa shape index (κ3) is 4.07. The Bertz CT molecular complexity index is 1440. The molecule has 0 bridgehead atoms. The van der Waals surface area contributed by atoms with Crippen molar-refractivity contribution in [2.24, 2.45) is 0 Å². The number of benzene rings is 3. The van der Waals surface area contributed by atoms with Crippen molar-refractivity contribution in [2.75, 3.05) is 0 Å². The highest BCUT2D eigenvalue weighted by Gasteiger charge is 2.59. The average Bonchev–Trinajstić information content (AvgIpc) is 3.04. The van der Waals surface area contributed by atoms with Gasteiger partial charge >= 0.3 is 5.97 Å². The molecule has 3 aromatic carbocycles. The molecule has 184 valence electrons. The predicted molar refractivity (Wildman–Crippen MR) is 148 cm³/mol. The van der Waals surface area contributed by atoms with Crippen LogP contribution in [0.3, 0.4) is 0 Å². The van der Waals surface area contributed by atoms with Gasteiger partial charge in [-0.3, -0.25) is 9.59 Å². The van der Waals surface area contributed by atoms with Crippen molar-refractivity contribution >= 4 is 103 Å². The van der Waals surface area contributed by atoms with E-state index in [1.54, 1.807) is 0 Å². The predicted octanol–water partition coefficient (Wildman–Crippen LogP) is 6.59. The molecule has 0 aromatic heterocycles. The molecule has 4 rings (SSSR count). The summed E-state index contributed by atoms with van der Waals surface area (Å²) in [4.78, 5) is 40.9. The van der Waals surface area contributed by atoms with Gasteiger partial charge in [-0.15, -0.1) is 0 Å². The molecule has 1 aliphatic carbocycles. The number of aliphatic carboxylic acids is 1. The van der Waals surface area contributed by atoms with E-state index in [1.165, 1.54) is 42.5 Å². The number of phenols is 3. The Labute approximate surface area is 245 Å². The van der Waals surface area contributed by atoms with Crippen LogP contribution in [0.25, 0.3) is 5.57 Å². The maximum absolute atomic E-state index is 14.4. The number of rotatable bonds is 4. The number of carboxylic acid groups (broad SMARTS) is 1. The van der Waals surface area contributed by atoms with Gasteiger partial charge < -0.3 is 20.4 Å². The molecule has 0 fully saturated rings. The van der Waals surface area contributed by atoms with Crippen LogP contribution in [0.1, 0.15) is 16.7 Å². The molecule has 12 heteroatoms. The van der Waals surface area contributed by atoms with Gasteiger partial charge in [-0.05, 0) is 133 Å². The summed E-state index contributed by atoms with van der Waals surface area (Å²) >= 11 is 16.0. The number of hydrogen-bond acceptors (Lipinski definition) is 6. The lowest BCUT2D eigenvalue weighted by atomic mass is 9.69. The highest BCUT2D eigenvalue weighted by molar-refractivity contribution is 9.11. The first-order valence-electron chi connectivity index (χ1n) is 9.75. The molecule has 7 nitrogen and oxygen atoms in total. The quantitative estimate of drug-likeness (QED) is 0.173. The van der Waals surface area contributed by atoms with E-state index in [9.17, 15) is 34.8 Å². The van der Waals surface area contributed by atoms with Gasteiger partial charge in [-0.25, -0.2) is 4.79 Å². The number of Topliss-reactive ketones (excluding diaryl/α,β-unsaturated/α-hetero) is 2. The van der Waals surface area contributed by atoms with Gasteiger partial charge in [0.2, 0.25) is 0 Å². The van der Waals surface area contributed by atoms with Gasteiger partial charge in [0.15, 0.2) is 11.6 Å². The zero-order chi connectivity index (χ0) is 26.7. The third-order valence-corrected chi connectivity index (χ3v) is 8.79. The lowest BCUT2D eigenvalue weighted by Crippen LogP contribution is -2.42. The number of halogens is 5. The van der Waals surface area contributed by atoms with Crippen LogP contribution >= 0.6 is 79.6 Å². The maximum Gasteiger partial charge on any atom is 0.340 e. The number of phenolic OH excluding ortho intramolecular Hbond substituents is 3. The van der Waals surface area contributed by atoms with Gasteiger partial charge in [-0.1, -0.05) is 6.07 Å². The van der Waals surface area contributed by atoms with E-state index in [2.05, 4.69) is 79.6 Å². The second kappa shape index (κ2) is 9.71. The fourth-order valence-corrected chi connectivity index (χ4v) is 6.85. The highest BCUT2D eigenvalue weighted by atomic mass is 79.9. The van der Waals surface area contributed by atoms with Crippen molar-refractivity contribution in [1.29, 1.82) is 0 Å². The Kier molecular flexibility index (Phi) is 7.30. The Morgan fingerprint density at radius 2 is 1.11 bits per heavy atom. The summed E-state index contributed by atoms with van der Waals surface area (Å²) in [5.74, 6) is -3.96. The summed E-state index contributed by atoms with van der Waals surface area (Å²) in [6.07, 6.45) is 0. The Balaban J connectivity index is 2.15. The number of aromatic hydroxyl groups is 3. The maximum atomic E-state index is 14.4. The average molecular weight is 811 g/mol. The van der Waals surface area contributed by atoms with Gasteiger partial charge in [-0.2, -0.15) is 0 Å². The number of carbonyl (C=O) groups excluding carboxylic acids is 2. The first-order valence-corrected chi connectivity index (χ1v) is 13.7. The topological polar surface area (TPSA) is 132 Å². The molecule has 0 heterocycles. The molecular formula is C24H11Br5O7. The summed E-state index contributed by atoms with van der Waals surface area (Å²) in [5, 5.41) is 40.5. The summed E-state index contributed by atoms with van der Waals surface area (Å²) in [6, 6.07) is 9.40. The molecule has 1 aliphatic rings. The summed E-state index contributed by atoms with van der Waals surface area (Å²) in [7, 11) is 0. The monoisotopic (exact) mass is 806 g/mol. The smallest absolute Gasteiger partial charge is 0.340 e. The van der Waals surface area contributed by atoms with Crippen LogP contribution < -0.4 is 0 Å². The van der Waals surface area contributed by atoms with Gasteiger partial charge in [0.25, 0.3) is 0 Å². The first-order chi connectivity index (χ1) is 16.8. The SMILES string of the molecule is O=C(O)C1=C(c2ccc(O)c(Br)c2)C(=O)C(c2cc(Br)c(O)c(Br)c2)(c2cc(Br)c(O)c(Br)c2)C1=O. The Hall–Kier alpha value is -1.99. The molecule has 3 aromatic rings. The number of allylic oxidation sites excluding steroid dienone is 1. The molecule has 0 atom stereocenters. The molecule has 0 unspecified atom stereocenters. The molecule has 0 amide bonds. The molecule has 0 radical (unpaired) electrons. The fraction of sp³-hybridized carbons (Fsp3) is 0.0417. The van der Waals surface area contributed by atoms with E-state index >= 15 is 0 Å². The molecule has 0 saturated heterocycles. The molecule has 0 saturated carbocycles. The Morgan fingerprint density at radius 3 is 1.50 bits per heavy atom. The summed E-state index contributed by atoms with van der Waals surface area (Å²) < 4.78 is 0.811. The van der Waals surface area contributed by atoms with Crippen molar-refractivity contribution in [3.63, 3.8) is 0 Å². The molecule has 0 aliphatic heterocycles. The zero-order valence-corrected chi connectivity index (χ0v) is 25.4. The minimum atomic E-state index is -2.19. The van der Waals surface area contributed by atoms with Crippen molar-refractivity contribution < 1.29 is 34.8 Å². The number of hydrogen-bond donors (Lipinski definition) is 4. The van der Waals surface area contributed by atoms with E-state index in [1.807, 2.05) is 0 Å². The zero-order valence-electron chi connectivity index (χ0n) is 17.4. The van der Waals surface area contributed by atoms with Crippen LogP contribution in [0.2, 0.25) is 0 Å². The van der Waals surface area contributed by atoms with Crippen LogP contribution in [-0.4, -0.2) is 38.0 Å². The van der Waals surface area contributed by atoms with E-state index in [-0.39, 0.29) is 61.9 Å². The van der Waals surface area contributed by atoms with Crippen molar-refractivity contribution in [2.45, 2.75) is 5.41 Å². The molecular weight excluding hydrogens is 800 g/mol. The van der Waals surface area contributed by atoms with E-state index in [0.717, 1.165) is 0 Å². The summed E-state index contributed by atoms with van der Waals surface area (Å²) in [6.45, 7) is 0. The van der Waals surface area contributed by atoms with E-state index in [0.29, 0.717) is 0 Å². The highest BCUT2D eigenvalue weighted by Crippen LogP contribution is 2.51. The first kappa shape index (κ1) is 27.1. The minimum Gasteiger partial charge on any atom is -0.507 e. The largest absolute Gasteiger partial charge is 0.507 e. The van der Waals surface area contributed by atoms with Crippen molar-refractivity contribution in [3.05, 3.63) is 87.1 Å². The normalized spacial score (nSPS) is 15.0. The minimum absolute atomic E-state index is 0.0742. The summed E-state index contributed by atoms with van der Waals surface area (Å²) in [5.41, 5.74) is -3.03. The lowest BCUT2D eigenvalue weighted by molar-refractivity contribution is -0.135. The van der Waals surface area contributed by atoms with Crippen LogP contribution in [0.15, 0.2) is 70.4 Å². The molecule has 4 N–H and O–H groups in total. The fourth-order valence-electron chi connectivity index (χ4n) is 4.10. The standard InChI is InChI=1S/C24H11Br5O7/c25-11-3-8(1-2-16(11)30)17-18(23(35)36)22(34)24(21(17)33,9-4-12(26)19(31)13(27)5-9)10-6-14(28)20(32)15(29)7-10/h1-7,30-32H,(H,35,36). The van der Waals surface area contributed by atoms with Crippen molar-refractivity contribution in [3.8, 4) is 17.2 Å². The molecule has 0 spiro atoms. The number of carboxylic acids is 1. The number of ketones is 2.